The number of amides is 2. The third-order valence-electron chi connectivity index (χ3n) is 6.94. The van der Waals surface area contributed by atoms with Gasteiger partial charge in [0, 0.05) is 11.1 Å². The Bertz CT molecular complexity index is 1280. The van der Waals surface area contributed by atoms with Gasteiger partial charge in [0.15, 0.2) is 5.60 Å². The average Bonchev–Trinajstić information content (AvgIpc) is 3.24. The van der Waals surface area contributed by atoms with Crippen LogP contribution in [0.1, 0.15) is 48.1 Å². The largest absolute Gasteiger partial charge is 0.430 e. The minimum Gasteiger partial charge on any atom is -0.430 e. The lowest BCUT2D eigenvalue weighted by Gasteiger charge is -2.36. The van der Waals surface area contributed by atoms with Crippen LogP contribution in [0.25, 0.3) is 0 Å². The van der Waals surface area contributed by atoms with Crippen LogP contribution in [0, 0.1) is 5.92 Å². The molecule has 1 aliphatic heterocycles. The summed E-state index contributed by atoms with van der Waals surface area (Å²) in [6.07, 6.45) is -0.636. The van der Waals surface area contributed by atoms with Gasteiger partial charge in [-0.15, -0.1) is 0 Å². The van der Waals surface area contributed by atoms with Crippen molar-refractivity contribution in [2.75, 3.05) is 0 Å². The fourth-order valence-electron chi connectivity index (χ4n) is 5.36. The molecule has 0 radical (unpaired) electrons. The van der Waals surface area contributed by atoms with Crippen molar-refractivity contribution in [1.82, 2.24) is 4.90 Å². The van der Waals surface area contributed by atoms with Crippen LogP contribution in [0.3, 0.4) is 0 Å². The summed E-state index contributed by atoms with van der Waals surface area (Å²) in [7, 11) is 0. The Balaban J connectivity index is 1.74. The number of hydrogen-bond acceptors (Lipinski definition) is 3. The second kappa shape index (κ2) is 9.82. The predicted molar refractivity (Wildman–Crippen MR) is 140 cm³/mol. The minimum absolute atomic E-state index is 0.0208. The van der Waals surface area contributed by atoms with Crippen LogP contribution in [-0.2, 0) is 15.1 Å². The number of benzene rings is 4. The van der Waals surface area contributed by atoms with Crippen molar-refractivity contribution >= 4 is 12.0 Å². The fourth-order valence-corrected chi connectivity index (χ4v) is 5.36. The highest BCUT2D eigenvalue weighted by Gasteiger charge is 2.59. The minimum atomic E-state index is -1.20. The zero-order chi connectivity index (χ0) is 25.1. The second-order valence-electron chi connectivity index (χ2n) is 9.49. The zero-order valence-electron chi connectivity index (χ0n) is 20.5. The number of hydrogen-bond donors (Lipinski definition) is 0. The standard InChI is InChI=1S/C32H29NO3/c1-23(2)28(24-15-7-3-8-16-24)30(34)33-29(25-17-9-4-10-18-25)32(36-31(33)35,26-19-11-5-12-20-26)27-21-13-6-14-22-27/h3-23,28-29H,1-2H3/t28-,29+/m0/s1. The molecule has 0 saturated carbocycles. The van der Waals surface area contributed by atoms with Gasteiger partial charge >= 0.3 is 6.09 Å². The smallest absolute Gasteiger partial charge is 0.418 e. The molecule has 0 unspecified atom stereocenters. The lowest BCUT2D eigenvalue weighted by atomic mass is 9.76. The molecular formula is C32H29NO3. The van der Waals surface area contributed by atoms with Gasteiger partial charge in [0.1, 0.15) is 6.04 Å². The Kier molecular flexibility index (Phi) is 6.43. The number of rotatable bonds is 6. The quantitative estimate of drug-likeness (QED) is 0.299. The molecule has 1 saturated heterocycles. The topological polar surface area (TPSA) is 46.6 Å². The van der Waals surface area contributed by atoms with Crippen molar-refractivity contribution < 1.29 is 14.3 Å². The van der Waals surface area contributed by atoms with Crippen molar-refractivity contribution in [1.29, 1.82) is 0 Å². The first kappa shape index (κ1) is 23.6. The Hall–Kier alpha value is -4.18. The number of nitrogens with zero attached hydrogens (tertiary/aromatic N) is 1. The number of cyclic esters (lactones) is 1. The highest BCUT2D eigenvalue weighted by molar-refractivity contribution is 5.98. The van der Waals surface area contributed by atoms with Gasteiger partial charge in [0.05, 0.1) is 5.92 Å². The van der Waals surface area contributed by atoms with Crippen LogP contribution in [0.15, 0.2) is 121 Å². The van der Waals surface area contributed by atoms with Crippen molar-refractivity contribution in [2.24, 2.45) is 5.92 Å². The molecule has 0 aromatic heterocycles. The molecule has 2 atom stereocenters. The number of carbonyl (C=O) groups excluding carboxylic acids is 2. The van der Waals surface area contributed by atoms with Gasteiger partial charge in [-0.3, -0.25) is 4.79 Å². The summed E-state index contributed by atoms with van der Waals surface area (Å²) in [5.41, 5.74) is 2.15. The van der Waals surface area contributed by atoms with Crippen LogP contribution < -0.4 is 0 Å². The molecule has 1 heterocycles. The Labute approximate surface area is 212 Å². The summed E-state index contributed by atoms with van der Waals surface area (Å²) in [6.45, 7) is 4.02. The first-order valence-electron chi connectivity index (χ1n) is 12.3. The van der Waals surface area contributed by atoms with E-state index in [4.69, 9.17) is 4.74 Å². The molecule has 36 heavy (non-hydrogen) atoms. The Morgan fingerprint density at radius 1 is 0.722 bits per heavy atom. The van der Waals surface area contributed by atoms with E-state index >= 15 is 0 Å². The third-order valence-corrected chi connectivity index (χ3v) is 6.94. The van der Waals surface area contributed by atoms with Gasteiger partial charge in [0.25, 0.3) is 0 Å². The summed E-state index contributed by atoms with van der Waals surface area (Å²) >= 11 is 0. The maximum absolute atomic E-state index is 14.4. The molecule has 0 spiro atoms. The van der Waals surface area contributed by atoms with Crippen LogP contribution in [0.5, 0.6) is 0 Å². The Morgan fingerprint density at radius 3 is 1.64 bits per heavy atom. The molecule has 4 nitrogen and oxygen atoms in total. The van der Waals surface area contributed by atoms with E-state index in [1.165, 1.54) is 4.90 Å². The third kappa shape index (κ3) is 3.99. The average molecular weight is 476 g/mol. The lowest BCUT2D eigenvalue weighted by molar-refractivity contribution is -0.132. The molecule has 1 aliphatic rings. The summed E-state index contributed by atoms with van der Waals surface area (Å²) in [6, 6.07) is 38.1. The van der Waals surface area contributed by atoms with Gasteiger partial charge < -0.3 is 4.74 Å². The van der Waals surface area contributed by atoms with E-state index in [1.54, 1.807) is 0 Å². The molecule has 1 fully saturated rings. The summed E-state index contributed by atoms with van der Waals surface area (Å²) < 4.78 is 6.35. The molecule has 0 bridgehead atoms. The molecule has 4 aromatic rings. The first-order chi connectivity index (χ1) is 17.5. The van der Waals surface area contributed by atoms with E-state index in [0.29, 0.717) is 0 Å². The zero-order valence-corrected chi connectivity index (χ0v) is 20.5. The fraction of sp³-hybridized carbons (Fsp3) is 0.188. The van der Waals surface area contributed by atoms with E-state index in [-0.39, 0.29) is 11.8 Å². The normalized spacial score (nSPS) is 17.6. The first-order valence-corrected chi connectivity index (χ1v) is 12.3. The van der Waals surface area contributed by atoms with E-state index in [9.17, 15) is 9.59 Å². The van der Waals surface area contributed by atoms with Gasteiger partial charge in [-0.2, -0.15) is 0 Å². The molecule has 4 heteroatoms. The van der Waals surface area contributed by atoms with Gasteiger partial charge in [-0.1, -0.05) is 135 Å². The summed E-state index contributed by atoms with van der Waals surface area (Å²) in [5, 5.41) is 0. The highest BCUT2D eigenvalue weighted by Crippen LogP contribution is 2.53. The van der Waals surface area contributed by atoms with Crippen LogP contribution in [-0.4, -0.2) is 16.9 Å². The van der Waals surface area contributed by atoms with Gasteiger partial charge in [0.2, 0.25) is 5.91 Å². The summed E-state index contributed by atoms with van der Waals surface area (Å²) in [4.78, 5) is 29.5. The van der Waals surface area contributed by atoms with E-state index in [0.717, 1.165) is 22.3 Å². The number of ether oxygens (including phenoxy) is 1. The highest BCUT2D eigenvalue weighted by atomic mass is 16.6. The van der Waals surface area contributed by atoms with Crippen LogP contribution >= 0.6 is 0 Å². The maximum atomic E-state index is 14.4. The van der Waals surface area contributed by atoms with E-state index < -0.39 is 23.7 Å². The van der Waals surface area contributed by atoms with Crippen LogP contribution in [0.2, 0.25) is 0 Å². The molecule has 2 amide bonds. The van der Waals surface area contributed by atoms with E-state index in [2.05, 4.69) is 0 Å². The summed E-state index contributed by atoms with van der Waals surface area (Å²) in [5.74, 6) is -0.774. The monoisotopic (exact) mass is 475 g/mol. The van der Waals surface area contributed by atoms with Gasteiger partial charge in [-0.05, 0) is 17.0 Å². The second-order valence-corrected chi connectivity index (χ2v) is 9.49. The predicted octanol–water partition coefficient (Wildman–Crippen LogP) is 7.09. The molecule has 4 aromatic carbocycles. The molecule has 5 rings (SSSR count). The van der Waals surface area contributed by atoms with Gasteiger partial charge in [-0.25, -0.2) is 9.69 Å². The van der Waals surface area contributed by atoms with Crippen molar-refractivity contribution in [2.45, 2.75) is 31.4 Å². The van der Waals surface area contributed by atoms with Crippen LogP contribution in [0.4, 0.5) is 4.79 Å². The lowest BCUT2D eigenvalue weighted by Crippen LogP contribution is -2.43. The Morgan fingerprint density at radius 2 is 1.17 bits per heavy atom. The van der Waals surface area contributed by atoms with Crippen molar-refractivity contribution in [3.63, 3.8) is 0 Å². The van der Waals surface area contributed by atoms with Crippen molar-refractivity contribution in [3.05, 3.63) is 144 Å². The maximum Gasteiger partial charge on any atom is 0.418 e. The number of imide groups is 1. The number of carbonyl (C=O) groups is 2. The molecular weight excluding hydrogens is 446 g/mol. The van der Waals surface area contributed by atoms with Crippen molar-refractivity contribution in [3.8, 4) is 0 Å². The molecule has 180 valence electrons. The molecule has 0 aliphatic carbocycles. The molecule has 0 N–H and O–H groups in total. The SMILES string of the molecule is CC(C)[C@H](C(=O)N1C(=O)OC(c2ccccc2)(c2ccccc2)[C@H]1c1ccccc1)c1ccccc1. The van der Waals surface area contributed by atoms with E-state index in [1.807, 2.05) is 135 Å².